The fourth-order valence-corrected chi connectivity index (χ4v) is 9.17. The molecule has 2 aromatic rings. The van der Waals surface area contributed by atoms with Crippen LogP contribution in [0.2, 0.25) is 0 Å². The topological polar surface area (TPSA) is 84.2 Å². The summed E-state index contributed by atoms with van der Waals surface area (Å²) in [6.07, 6.45) is 12.1. The van der Waals surface area contributed by atoms with Gasteiger partial charge in [-0.1, -0.05) is 53.7 Å². The Hall–Kier alpha value is -3.57. The summed E-state index contributed by atoms with van der Waals surface area (Å²) < 4.78 is 4.84. The smallest absolute Gasteiger partial charge is 0.350 e. The van der Waals surface area contributed by atoms with Crippen LogP contribution in [-0.2, 0) is 40.5 Å². The molecule has 0 unspecified atom stereocenters. The molecule has 10 nitrogen and oxygen atoms in total. The first kappa shape index (κ1) is 54.6. The molecule has 62 heavy (non-hydrogen) atoms. The van der Waals surface area contributed by atoms with Crippen LogP contribution in [0, 0.1) is 22.3 Å². The van der Waals surface area contributed by atoms with Crippen molar-refractivity contribution in [1.29, 1.82) is 0 Å². The number of benzene rings is 2. The molecule has 0 saturated carbocycles. The van der Waals surface area contributed by atoms with Gasteiger partial charge in [0.1, 0.15) is 11.5 Å². The first-order chi connectivity index (χ1) is 27.4. The van der Waals surface area contributed by atoms with E-state index in [-0.39, 0.29) is 49.9 Å². The maximum Gasteiger partial charge on any atom is 0.350 e. The minimum Gasteiger partial charge on any atom is -0.507 e. The molecule has 4 heterocycles. The van der Waals surface area contributed by atoms with Crippen molar-refractivity contribution in [3.05, 3.63) is 79.9 Å². The summed E-state index contributed by atoms with van der Waals surface area (Å²) in [5.74, 6) is 3.43. The van der Waals surface area contributed by atoms with E-state index in [9.17, 15) is 10.2 Å². The number of aromatic hydroxyl groups is 2. The van der Waals surface area contributed by atoms with Crippen molar-refractivity contribution in [1.82, 2.24) is 19.6 Å². The maximum atomic E-state index is 11.6. The van der Waals surface area contributed by atoms with Gasteiger partial charge in [-0.25, -0.2) is 0 Å². The Kier molecular flexibility index (Phi) is 20.1. The molecule has 0 aromatic heterocycles. The molecule has 4 aliphatic heterocycles. The summed E-state index contributed by atoms with van der Waals surface area (Å²) in [4.78, 5) is 20.1. The van der Waals surface area contributed by atoms with E-state index in [0.29, 0.717) is 18.0 Å². The molecule has 2 aromatic carbocycles. The SMILES string of the molecule is C[N+]1=C2N(CCCc3cc(C(C)(C)C)cc(C=NCC(C)(C)N=Cc4cc(C(C)(C)C)cc(CCCN5CCCN6CCC[N+](C)=C56)c4O)c3O)CCCN2CCC1.[CH3-].[CH3-].[CH3-].[Co]. The molecule has 0 amide bonds. The summed E-state index contributed by atoms with van der Waals surface area (Å²) in [5, 5.41) is 23.2. The quantitative estimate of drug-likeness (QED) is 0.120. The van der Waals surface area contributed by atoms with Crippen LogP contribution in [0.1, 0.15) is 127 Å². The second kappa shape index (κ2) is 22.9. The number of aliphatic imine (C=N–C) groups is 2. The largest absolute Gasteiger partial charge is 0.507 e. The first-order valence-electron chi connectivity index (χ1n) is 22.3. The zero-order valence-electron chi connectivity index (χ0n) is 41.2. The molecule has 2 N–H and O–H groups in total. The number of hydrogen-bond acceptors (Lipinski definition) is 8. The Balaban J connectivity index is 0.00000331. The van der Waals surface area contributed by atoms with Crippen molar-refractivity contribution in [3.63, 3.8) is 0 Å². The molecule has 1 radical (unpaired) electrons. The number of fused-ring (bicyclic) bond motifs is 2. The van der Waals surface area contributed by atoms with Crippen molar-refractivity contribution in [2.45, 2.75) is 123 Å². The fourth-order valence-electron chi connectivity index (χ4n) is 9.17. The molecule has 2 saturated heterocycles. The van der Waals surface area contributed by atoms with Crippen LogP contribution < -0.4 is 0 Å². The summed E-state index contributed by atoms with van der Waals surface area (Å²) in [6.45, 7) is 29.0. The van der Waals surface area contributed by atoms with Crippen LogP contribution in [0.5, 0.6) is 11.5 Å². The van der Waals surface area contributed by atoms with E-state index >= 15 is 0 Å². The molecule has 2 fully saturated rings. The molecular weight excluding hydrogens is 816 g/mol. The van der Waals surface area contributed by atoms with Gasteiger partial charge in [0.25, 0.3) is 0 Å². The monoisotopic (exact) mass is 901 g/mol. The van der Waals surface area contributed by atoms with E-state index < -0.39 is 5.54 Å². The molecular formula is C51H85CoN8O2-. The minimum absolute atomic E-state index is 0. The predicted molar refractivity (Wildman–Crippen MR) is 261 cm³/mol. The molecule has 6 rings (SSSR count). The van der Waals surface area contributed by atoms with E-state index in [1.165, 1.54) is 48.7 Å². The van der Waals surface area contributed by atoms with Crippen LogP contribution in [0.3, 0.4) is 0 Å². The number of rotatable bonds is 13. The van der Waals surface area contributed by atoms with Gasteiger partial charge in [0.2, 0.25) is 0 Å². The maximum absolute atomic E-state index is 11.6. The zero-order chi connectivity index (χ0) is 41.8. The molecule has 0 bridgehead atoms. The third-order valence-corrected chi connectivity index (χ3v) is 12.5. The minimum atomic E-state index is -0.517. The fraction of sp³-hybridized carbons (Fsp3) is 0.627. The van der Waals surface area contributed by atoms with Crippen LogP contribution in [0.25, 0.3) is 0 Å². The van der Waals surface area contributed by atoms with E-state index in [1.807, 2.05) is 12.4 Å². The predicted octanol–water partition coefficient (Wildman–Crippen LogP) is 8.04. The second-order valence-electron chi connectivity index (χ2n) is 20.2. The number of guanidine groups is 2. The number of hydrogen-bond donors (Lipinski definition) is 2. The number of nitrogens with zero attached hydrogens (tertiary/aromatic N) is 8. The Bertz CT molecular complexity index is 1900. The summed E-state index contributed by atoms with van der Waals surface area (Å²) in [6, 6.07) is 8.60. The van der Waals surface area contributed by atoms with Gasteiger partial charge in [-0.2, -0.15) is 0 Å². The number of phenols is 2. The Morgan fingerprint density at radius 1 is 0.597 bits per heavy atom. The van der Waals surface area contributed by atoms with Gasteiger partial charge in [-0.3, -0.25) is 38.7 Å². The summed E-state index contributed by atoms with van der Waals surface area (Å²) >= 11 is 0. The van der Waals surface area contributed by atoms with E-state index in [0.717, 1.165) is 113 Å². The van der Waals surface area contributed by atoms with Crippen molar-refractivity contribution < 1.29 is 36.1 Å². The van der Waals surface area contributed by atoms with Crippen LogP contribution in [0.4, 0.5) is 0 Å². The van der Waals surface area contributed by atoms with Crippen molar-refractivity contribution in [2.75, 3.05) is 86.1 Å². The van der Waals surface area contributed by atoms with Crippen LogP contribution in [-0.4, -0.2) is 155 Å². The van der Waals surface area contributed by atoms with Gasteiger partial charge in [-0.15, -0.1) is 0 Å². The Labute approximate surface area is 389 Å². The number of aryl methyl sites for hydroxylation is 2. The molecule has 351 valence electrons. The van der Waals surface area contributed by atoms with Gasteiger partial charge in [-0.05, 0) is 84.7 Å². The number of phenolic OH excluding ortho intramolecular Hbond substituents is 2. The van der Waals surface area contributed by atoms with Crippen molar-refractivity contribution in [2.24, 2.45) is 9.98 Å². The van der Waals surface area contributed by atoms with Crippen LogP contribution >= 0.6 is 0 Å². The zero-order valence-corrected chi connectivity index (χ0v) is 42.2. The molecule has 4 aliphatic rings. The third kappa shape index (κ3) is 13.5. The average Bonchev–Trinajstić information content (AvgIpc) is 3.15. The van der Waals surface area contributed by atoms with Gasteiger partial charge < -0.3 is 32.5 Å². The van der Waals surface area contributed by atoms with Gasteiger partial charge in [0, 0.05) is 66.0 Å². The Morgan fingerprint density at radius 2 is 1.00 bits per heavy atom. The van der Waals surface area contributed by atoms with Crippen LogP contribution in [0.15, 0.2) is 34.3 Å². The van der Waals surface area contributed by atoms with Gasteiger partial charge in [0.15, 0.2) is 0 Å². The standard InChI is InChI=1S/C48H74N8O2.3CH3.Co/c1-46(2,3)40-29-36(17-11-21-53-25-15-27-55-23-13-19-51(9)44(53)55)42(57)38(31-40)33-49-35-48(7,8)50-34-39-32-41(47(4,5)6)30-37(43(39)58)18-12-22-54-26-16-28-56-24-14-20-52(10)45(54)56;;;;/h29-34H,11-28,35H2,1-10H3;3*1H3;/q;3*-1;/p+2. The Morgan fingerprint density at radius 3 is 1.42 bits per heavy atom. The van der Waals surface area contributed by atoms with E-state index in [2.05, 4.69) is 123 Å². The summed E-state index contributed by atoms with van der Waals surface area (Å²) in [5.41, 5.74) is 5.25. The van der Waals surface area contributed by atoms with E-state index in [1.54, 1.807) is 0 Å². The first-order valence-corrected chi connectivity index (χ1v) is 22.3. The average molecular weight is 901 g/mol. The summed E-state index contributed by atoms with van der Waals surface area (Å²) in [7, 11) is 4.45. The molecule has 0 spiro atoms. The van der Waals surface area contributed by atoms with Crippen molar-refractivity contribution in [3.8, 4) is 11.5 Å². The normalized spacial score (nSPS) is 17.4. The molecule has 0 aliphatic carbocycles. The second-order valence-corrected chi connectivity index (χ2v) is 20.2. The van der Waals surface area contributed by atoms with Gasteiger partial charge >= 0.3 is 11.9 Å². The van der Waals surface area contributed by atoms with E-state index in [4.69, 9.17) is 9.98 Å². The third-order valence-electron chi connectivity index (χ3n) is 12.5. The molecule has 11 heteroatoms. The van der Waals surface area contributed by atoms with Crippen molar-refractivity contribution >= 4 is 24.3 Å². The van der Waals surface area contributed by atoms with Gasteiger partial charge in [0.05, 0.1) is 91.6 Å². The molecule has 0 atom stereocenters.